The molecule has 0 aromatic heterocycles. The van der Waals surface area contributed by atoms with E-state index in [-0.39, 0.29) is 23.0 Å². The van der Waals surface area contributed by atoms with Crippen LogP contribution in [0.15, 0.2) is 18.2 Å². The molecule has 0 bridgehead atoms. The Morgan fingerprint density at radius 3 is 2.69 bits per heavy atom. The summed E-state index contributed by atoms with van der Waals surface area (Å²) in [6, 6.07) is 4.29. The van der Waals surface area contributed by atoms with Gasteiger partial charge in [-0.1, -0.05) is 0 Å². The number of rotatable bonds is 5. The Balaban J connectivity index is 1.59. The summed E-state index contributed by atoms with van der Waals surface area (Å²) in [7, 11) is 1.67. The molecule has 3 rings (SSSR count). The second-order valence-electron chi connectivity index (χ2n) is 7.59. The number of benzene rings is 1. The van der Waals surface area contributed by atoms with Crippen molar-refractivity contribution >= 4 is 11.8 Å². The van der Waals surface area contributed by atoms with Crippen molar-refractivity contribution in [3.63, 3.8) is 0 Å². The van der Waals surface area contributed by atoms with Gasteiger partial charge in [0, 0.05) is 57.3 Å². The Morgan fingerprint density at radius 2 is 2.04 bits per heavy atom. The molecule has 0 unspecified atom stereocenters. The molecule has 2 aliphatic heterocycles. The van der Waals surface area contributed by atoms with E-state index in [1.807, 2.05) is 9.80 Å². The summed E-state index contributed by atoms with van der Waals surface area (Å²) in [5.74, 6) is -0.149. The standard InChI is InChI=1S/C20H27FN2O3/c1-15-12-16(21)4-5-17(15)19(25)22-9-6-20(7-10-22)13-18(24)23(14-20)8-3-11-26-2/h4-5,12H,3,6-11,13-14H2,1-2H3. The van der Waals surface area contributed by atoms with Gasteiger partial charge in [0.15, 0.2) is 0 Å². The van der Waals surface area contributed by atoms with Crippen LogP contribution in [0.1, 0.15) is 41.6 Å². The molecular formula is C20H27FN2O3. The first-order valence-corrected chi connectivity index (χ1v) is 9.26. The molecule has 0 N–H and O–H groups in total. The van der Waals surface area contributed by atoms with Gasteiger partial charge in [-0.15, -0.1) is 0 Å². The molecule has 2 amide bonds. The number of likely N-dealkylation sites (tertiary alicyclic amines) is 2. The van der Waals surface area contributed by atoms with Crippen LogP contribution in [0.4, 0.5) is 4.39 Å². The number of carbonyl (C=O) groups is 2. The van der Waals surface area contributed by atoms with E-state index in [9.17, 15) is 14.0 Å². The maximum absolute atomic E-state index is 13.3. The topological polar surface area (TPSA) is 49.9 Å². The first-order valence-electron chi connectivity index (χ1n) is 9.26. The molecule has 1 aromatic rings. The van der Waals surface area contributed by atoms with Gasteiger partial charge >= 0.3 is 0 Å². The number of halogens is 1. The fraction of sp³-hybridized carbons (Fsp3) is 0.600. The minimum absolute atomic E-state index is 0.00121. The molecule has 142 valence electrons. The predicted octanol–water partition coefficient (Wildman–Crippen LogP) is 2.63. The van der Waals surface area contributed by atoms with E-state index < -0.39 is 0 Å². The quantitative estimate of drug-likeness (QED) is 0.757. The van der Waals surface area contributed by atoms with Crippen molar-refractivity contribution in [2.75, 3.05) is 39.9 Å². The minimum Gasteiger partial charge on any atom is -0.385 e. The van der Waals surface area contributed by atoms with Crippen molar-refractivity contribution in [3.05, 3.63) is 35.1 Å². The zero-order chi connectivity index (χ0) is 18.7. The third-order valence-electron chi connectivity index (χ3n) is 5.71. The molecule has 5 nitrogen and oxygen atoms in total. The van der Waals surface area contributed by atoms with Gasteiger partial charge in [0.05, 0.1) is 0 Å². The number of methoxy groups -OCH3 is 1. The van der Waals surface area contributed by atoms with E-state index in [0.717, 1.165) is 32.4 Å². The molecule has 2 heterocycles. The Labute approximate surface area is 154 Å². The smallest absolute Gasteiger partial charge is 0.254 e. The molecule has 2 saturated heterocycles. The van der Waals surface area contributed by atoms with E-state index in [1.54, 1.807) is 20.1 Å². The second-order valence-corrected chi connectivity index (χ2v) is 7.59. The highest BCUT2D eigenvalue weighted by Gasteiger charge is 2.45. The van der Waals surface area contributed by atoms with E-state index in [0.29, 0.717) is 37.2 Å². The van der Waals surface area contributed by atoms with Gasteiger partial charge in [-0.3, -0.25) is 9.59 Å². The van der Waals surface area contributed by atoms with Crippen molar-refractivity contribution < 1.29 is 18.7 Å². The Kier molecular flexibility index (Phi) is 5.61. The van der Waals surface area contributed by atoms with Gasteiger partial charge < -0.3 is 14.5 Å². The molecule has 0 saturated carbocycles. The summed E-state index contributed by atoms with van der Waals surface area (Å²) >= 11 is 0. The molecule has 1 spiro atoms. The number of nitrogens with zero attached hydrogens (tertiary/aromatic N) is 2. The number of aryl methyl sites for hydroxylation is 1. The molecular weight excluding hydrogens is 335 g/mol. The van der Waals surface area contributed by atoms with E-state index in [2.05, 4.69) is 0 Å². The van der Waals surface area contributed by atoms with Gasteiger partial charge in [0.25, 0.3) is 5.91 Å². The molecule has 0 atom stereocenters. The summed E-state index contributed by atoms with van der Waals surface area (Å²) in [6.45, 7) is 5.24. The summed E-state index contributed by atoms with van der Waals surface area (Å²) < 4.78 is 18.3. The Bertz CT molecular complexity index is 684. The van der Waals surface area contributed by atoms with Crippen LogP contribution in [0, 0.1) is 18.2 Å². The van der Waals surface area contributed by atoms with Crippen LogP contribution in [0.25, 0.3) is 0 Å². The van der Waals surface area contributed by atoms with Crippen LogP contribution < -0.4 is 0 Å². The minimum atomic E-state index is -0.324. The van der Waals surface area contributed by atoms with Crippen molar-refractivity contribution in [2.24, 2.45) is 5.41 Å². The summed E-state index contributed by atoms with van der Waals surface area (Å²) in [5, 5.41) is 0. The zero-order valence-corrected chi connectivity index (χ0v) is 15.6. The average Bonchev–Trinajstić information content (AvgIpc) is 2.90. The van der Waals surface area contributed by atoms with Gasteiger partial charge in [-0.05, 0) is 49.9 Å². The summed E-state index contributed by atoms with van der Waals surface area (Å²) in [6.07, 6.45) is 3.11. The van der Waals surface area contributed by atoms with Crippen LogP contribution in [-0.2, 0) is 9.53 Å². The lowest BCUT2D eigenvalue weighted by atomic mass is 9.77. The average molecular weight is 362 g/mol. The molecule has 2 aliphatic rings. The molecule has 1 aromatic carbocycles. The van der Waals surface area contributed by atoms with Crippen molar-refractivity contribution in [1.29, 1.82) is 0 Å². The Hall–Kier alpha value is -1.95. The van der Waals surface area contributed by atoms with Gasteiger partial charge in [-0.2, -0.15) is 0 Å². The predicted molar refractivity (Wildman–Crippen MR) is 96.4 cm³/mol. The van der Waals surface area contributed by atoms with Gasteiger partial charge in [0.2, 0.25) is 5.91 Å². The van der Waals surface area contributed by atoms with E-state index in [4.69, 9.17) is 4.74 Å². The van der Waals surface area contributed by atoms with Crippen LogP contribution in [0.2, 0.25) is 0 Å². The normalized spacial score (nSPS) is 19.4. The monoisotopic (exact) mass is 362 g/mol. The molecule has 26 heavy (non-hydrogen) atoms. The van der Waals surface area contributed by atoms with E-state index in [1.165, 1.54) is 12.1 Å². The number of piperidine rings is 1. The SMILES string of the molecule is COCCCN1CC2(CCN(C(=O)c3ccc(F)cc3C)CC2)CC1=O. The first-order chi connectivity index (χ1) is 12.4. The van der Waals surface area contributed by atoms with Crippen LogP contribution in [0.5, 0.6) is 0 Å². The maximum Gasteiger partial charge on any atom is 0.254 e. The highest BCUT2D eigenvalue weighted by Crippen LogP contribution is 2.41. The Morgan fingerprint density at radius 1 is 1.31 bits per heavy atom. The number of amides is 2. The number of hydrogen-bond acceptors (Lipinski definition) is 3. The lowest BCUT2D eigenvalue weighted by Crippen LogP contribution is -2.44. The maximum atomic E-state index is 13.3. The van der Waals surface area contributed by atoms with E-state index >= 15 is 0 Å². The number of carbonyl (C=O) groups excluding carboxylic acids is 2. The fourth-order valence-electron chi connectivity index (χ4n) is 4.14. The van der Waals surface area contributed by atoms with Crippen molar-refractivity contribution in [3.8, 4) is 0 Å². The summed E-state index contributed by atoms with van der Waals surface area (Å²) in [5.41, 5.74) is 1.22. The lowest BCUT2D eigenvalue weighted by Gasteiger charge is -2.39. The highest BCUT2D eigenvalue weighted by molar-refractivity contribution is 5.95. The van der Waals surface area contributed by atoms with Gasteiger partial charge in [0.1, 0.15) is 5.82 Å². The largest absolute Gasteiger partial charge is 0.385 e. The van der Waals surface area contributed by atoms with Crippen molar-refractivity contribution in [2.45, 2.75) is 32.6 Å². The third-order valence-corrected chi connectivity index (χ3v) is 5.71. The van der Waals surface area contributed by atoms with Crippen LogP contribution in [-0.4, -0.2) is 61.5 Å². The molecule has 0 aliphatic carbocycles. The fourth-order valence-corrected chi connectivity index (χ4v) is 4.14. The zero-order valence-electron chi connectivity index (χ0n) is 15.6. The third kappa shape index (κ3) is 3.90. The van der Waals surface area contributed by atoms with Gasteiger partial charge in [-0.25, -0.2) is 4.39 Å². The number of ether oxygens (including phenoxy) is 1. The van der Waals surface area contributed by atoms with Crippen LogP contribution in [0.3, 0.4) is 0 Å². The lowest BCUT2D eigenvalue weighted by molar-refractivity contribution is -0.128. The summed E-state index contributed by atoms with van der Waals surface area (Å²) in [4.78, 5) is 28.9. The highest BCUT2D eigenvalue weighted by atomic mass is 19.1. The first kappa shape index (κ1) is 18.8. The molecule has 6 heteroatoms. The molecule has 0 radical (unpaired) electrons. The van der Waals surface area contributed by atoms with Crippen molar-refractivity contribution in [1.82, 2.24) is 9.80 Å². The number of hydrogen-bond donors (Lipinski definition) is 0. The van der Waals surface area contributed by atoms with Crippen LogP contribution >= 0.6 is 0 Å². The second kappa shape index (κ2) is 7.74. The molecule has 2 fully saturated rings.